The standard InChI is InChI=1S/2C14H26N4P2Si.Ni/c2*1-13(2,3)11-9-19-17(15-11)21(7,8)18-16-12(10-20-18)14(4,5)6;/h2*9-10H,1-8H3;/p+4. The minimum Gasteiger partial charge on any atom is -0.145 e. The Bertz CT molecular complexity index is 1270. The van der Waals surface area contributed by atoms with E-state index in [-0.39, 0.29) is 38.2 Å². The zero-order valence-corrected chi connectivity index (χ0v) is 36.2. The molecule has 4 atom stereocenters. The van der Waals surface area contributed by atoms with Gasteiger partial charge in [0.25, 0.3) is 0 Å². The summed E-state index contributed by atoms with van der Waals surface area (Å²) in [5, 5.41) is 19.6. The van der Waals surface area contributed by atoms with Crippen LogP contribution in [0.2, 0.25) is 26.2 Å². The number of hydrogen-bond donors (Lipinski definition) is 0. The Morgan fingerprint density at radius 3 is 0.698 bits per heavy atom. The molecule has 0 aliphatic heterocycles. The van der Waals surface area contributed by atoms with Gasteiger partial charge in [-0.05, 0) is 26.2 Å². The van der Waals surface area contributed by atoms with Crippen molar-refractivity contribution in [3.05, 3.63) is 46.0 Å². The van der Waals surface area contributed by atoms with Crippen molar-refractivity contribution >= 4 is 50.2 Å². The molecule has 4 heterocycles. The van der Waals surface area contributed by atoms with Crippen molar-refractivity contribution < 1.29 is 16.5 Å². The molecule has 4 aromatic rings. The second-order valence-corrected chi connectivity index (χ2v) is 29.6. The van der Waals surface area contributed by atoms with E-state index < -0.39 is 16.8 Å². The average Bonchev–Trinajstić information content (AvgIpc) is 3.62. The van der Waals surface area contributed by atoms with Gasteiger partial charge in [-0.1, -0.05) is 83.1 Å². The van der Waals surface area contributed by atoms with Gasteiger partial charge in [0.05, 0.1) is 0 Å². The van der Waals surface area contributed by atoms with Crippen LogP contribution < -0.4 is 0 Å². The first-order valence-corrected chi connectivity index (χ1v) is 24.7. The molecule has 4 aromatic heterocycles. The molecule has 0 bridgehead atoms. The van der Waals surface area contributed by atoms with Crippen LogP contribution in [0.4, 0.5) is 0 Å². The van der Waals surface area contributed by atoms with Crippen LogP contribution in [0.1, 0.15) is 106 Å². The Balaban J connectivity index is 0.000000293. The van der Waals surface area contributed by atoms with Gasteiger partial charge in [-0.25, -0.2) is 0 Å². The summed E-state index contributed by atoms with van der Waals surface area (Å²) in [6.45, 7) is 36.1. The van der Waals surface area contributed by atoms with Crippen LogP contribution in [0, 0.1) is 0 Å². The summed E-state index contributed by atoms with van der Waals surface area (Å²) in [4.78, 5) is 0. The van der Waals surface area contributed by atoms with Gasteiger partial charge in [-0.15, -0.1) is 36.8 Å². The molecule has 0 radical (unpaired) electrons. The van der Waals surface area contributed by atoms with E-state index >= 15 is 0 Å². The summed E-state index contributed by atoms with van der Waals surface area (Å²) >= 11 is 0. The van der Waals surface area contributed by atoms with Crippen LogP contribution >= 0.6 is 33.4 Å². The van der Waals surface area contributed by atoms with Crippen LogP contribution in [-0.4, -0.2) is 53.6 Å². The minimum atomic E-state index is -1.82. The Morgan fingerprint density at radius 2 is 0.581 bits per heavy atom. The Labute approximate surface area is 279 Å². The number of rotatable bonds is 4. The summed E-state index contributed by atoms with van der Waals surface area (Å²) < 4.78 is 9.29. The fourth-order valence-corrected chi connectivity index (χ4v) is 16.9. The predicted molar refractivity (Wildman–Crippen MR) is 196 cm³/mol. The van der Waals surface area contributed by atoms with E-state index in [9.17, 15) is 0 Å². The van der Waals surface area contributed by atoms with Gasteiger partial charge >= 0.3 is 16.8 Å². The number of hydrogen-bond acceptors (Lipinski definition) is 4. The number of nitrogens with zero attached hydrogens (tertiary/aromatic N) is 8. The second-order valence-electron chi connectivity index (χ2n) is 16.3. The maximum absolute atomic E-state index is 4.91. The van der Waals surface area contributed by atoms with Crippen LogP contribution in [0.15, 0.2) is 23.2 Å². The van der Waals surface area contributed by atoms with Gasteiger partial charge in [-0.2, -0.15) is 0 Å². The molecule has 0 fully saturated rings. The van der Waals surface area contributed by atoms with Crippen molar-refractivity contribution in [2.75, 3.05) is 0 Å². The molecule has 0 spiro atoms. The Morgan fingerprint density at radius 1 is 0.419 bits per heavy atom. The SMILES string of the molecule is CC(C)(C)c1c[pH+]n([Si](C)(C)n2nc(C(C)(C)C)c[pH+]2)n1.CC(C)(C)c1c[pH+]n([Si](C)(C)n2nc(C(C)(C)C)c[pH+]2)n1.[Ni]. The van der Waals surface area contributed by atoms with E-state index in [4.69, 9.17) is 20.4 Å². The topological polar surface area (TPSA) is 71.3 Å². The third-order valence-corrected chi connectivity index (χ3v) is 22.9. The summed E-state index contributed by atoms with van der Waals surface area (Å²) in [6.07, 6.45) is 0. The van der Waals surface area contributed by atoms with E-state index in [1.54, 1.807) is 0 Å². The minimum absolute atomic E-state index is 0. The monoisotopic (exact) mass is 742 g/mol. The molecule has 242 valence electrons. The van der Waals surface area contributed by atoms with Crippen LogP contribution in [0.25, 0.3) is 0 Å². The zero-order valence-electron chi connectivity index (χ0n) is 29.2. The molecule has 15 heteroatoms. The van der Waals surface area contributed by atoms with Gasteiger partial charge in [0.1, 0.15) is 22.8 Å². The van der Waals surface area contributed by atoms with Gasteiger partial charge in [0, 0.05) is 38.2 Å². The first-order chi connectivity index (χ1) is 18.8. The Kier molecular flexibility index (Phi) is 12.0. The quantitative estimate of drug-likeness (QED) is 0.196. The molecular formula is C28H56N8NiP4Si2+4. The van der Waals surface area contributed by atoms with Crippen molar-refractivity contribution in [1.29, 1.82) is 0 Å². The van der Waals surface area contributed by atoms with Gasteiger partial charge < -0.3 is 0 Å². The molecule has 0 amide bonds. The predicted octanol–water partition coefficient (Wildman–Crippen LogP) is 8.79. The van der Waals surface area contributed by atoms with Crippen LogP contribution in [0.3, 0.4) is 0 Å². The number of aromatic nitrogens is 8. The summed E-state index contributed by atoms with van der Waals surface area (Å²) in [7, 11) is -1.02. The summed E-state index contributed by atoms with van der Waals surface area (Å²) in [5.41, 5.74) is 5.38. The second kappa shape index (κ2) is 13.3. The van der Waals surface area contributed by atoms with Crippen LogP contribution in [0.5, 0.6) is 0 Å². The molecule has 4 rings (SSSR count). The molecule has 0 aromatic carbocycles. The van der Waals surface area contributed by atoms with Gasteiger partial charge in [0.2, 0.25) is 33.4 Å². The molecule has 0 saturated heterocycles. The van der Waals surface area contributed by atoms with E-state index in [0.717, 1.165) is 0 Å². The van der Waals surface area contributed by atoms with Crippen molar-refractivity contribution in [2.24, 2.45) is 0 Å². The van der Waals surface area contributed by atoms with E-state index in [1.165, 1.54) is 22.8 Å². The first kappa shape index (κ1) is 38.7. The first-order valence-electron chi connectivity index (χ1n) is 14.8. The molecule has 4 unspecified atom stereocenters. The van der Waals surface area contributed by atoms with Crippen molar-refractivity contribution in [1.82, 2.24) is 36.8 Å². The fourth-order valence-electron chi connectivity index (χ4n) is 3.92. The molecule has 0 saturated carbocycles. The summed E-state index contributed by atoms with van der Waals surface area (Å²) in [6, 6.07) is 0. The average molecular weight is 744 g/mol. The van der Waals surface area contributed by atoms with Crippen molar-refractivity contribution in [3.8, 4) is 0 Å². The third kappa shape index (κ3) is 9.28. The van der Waals surface area contributed by atoms with Gasteiger partial charge in [0.15, 0.2) is 23.2 Å². The van der Waals surface area contributed by atoms with E-state index in [1.807, 2.05) is 0 Å². The molecular weight excluding hydrogens is 687 g/mol. The smallest absolute Gasteiger partial charge is 0.145 e. The molecule has 43 heavy (non-hydrogen) atoms. The van der Waals surface area contributed by atoms with Crippen molar-refractivity contribution in [3.63, 3.8) is 0 Å². The fraction of sp³-hybridized carbons (Fsp3) is 0.714. The summed E-state index contributed by atoms with van der Waals surface area (Å²) in [5.74, 6) is 9.19. The molecule has 0 aliphatic rings. The normalized spacial score (nSPS) is 14.1. The maximum atomic E-state index is 4.91. The van der Waals surface area contributed by atoms with Crippen molar-refractivity contribution in [2.45, 2.75) is 131 Å². The molecule has 8 nitrogen and oxygen atoms in total. The van der Waals surface area contributed by atoms with Gasteiger partial charge in [-0.3, -0.25) is 0 Å². The Hall–Kier alpha value is -0.513. The maximum Gasteiger partial charge on any atom is 0.403 e. The molecule has 0 N–H and O–H groups in total. The van der Waals surface area contributed by atoms with Crippen LogP contribution in [-0.2, 0) is 38.2 Å². The largest absolute Gasteiger partial charge is 0.403 e. The van der Waals surface area contributed by atoms with E-state index in [0.29, 0.717) is 33.4 Å². The zero-order chi connectivity index (χ0) is 32.1. The third-order valence-electron chi connectivity index (χ3n) is 7.27. The van der Waals surface area contributed by atoms with E-state index in [2.05, 4.69) is 149 Å². The molecule has 0 aliphatic carbocycles.